The van der Waals surface area contributed by atoms with E-state index in [1.807, 2.05) is 0 Å². The molecule has 1 aliphatic heterocycles. The maximum atomic E-state index is 12.1. The molecule has 0 unspecified atom stereocenters. The number of piperidine rings is 1. The van der Waals surface area contributed by atoms with Gasteiger partial charge in [-0.05, 0) is 25.0 Å². The van der Waals surface area contributed by atoms with E-state index in [4.69, 9.17) is 18.0 Å². The molecular weight excluding hydrogens is 250 g/mol. The first-order chi connectivity index (χ1) is 8.58. The minimum Gasteiger partial charge on any atom is -0.393 e. The predicted molar refractivity (Wildman–Crippen MR) is 71.3 cm³/mol. The van der Waals surface area contributed by atoms with E-state index in [0.717, 1.165) is 0 Å². The molecule has 1 aromatic heterocycles. The van der Waals surface area contributed by atoms with Crippen molar-refractivity contribution in [2.24, 2.45) is 5.73 Å². The van der Waals surface area contributed by atoms with Gasteiger partial charge in [0, 0.05) is 24.8 Å². The van der Waals surface area contributed by atoms with Gasteiger partial charge in [-0.15, -0.1) is 0 Å². The van der Waals surface area contributed by atoms with Crippen LogP contribution in [-0.4, -0.2) is 45.1 Å². The van der Waals surface area contributed by atoms with E-state index in [-0.39, 0.29) is 17.0 Å². The summed E-state index contributed by atoms with van der Waals surface area (Å²) in [6.45, 7) is 1.14. The normalized spacial score (nSPS) is 16.6. The summed E-state index contributed by atoms with van der Waals surface area (Å²) in [5.41, 5.74) is 6.50. The van der Waals surface area contributed by atoms with Crippen LogP contribution in [0.2, 0.25) is 0 Å². The number of rotatable bonds is 2. The third-order valence-electron chi connectivity index (χ3n) is 3.02. The highest BCUT2D eigenvalue weighted by Gasteiger charge is 2.22. The molecule has 3 N–H and O–H groups in total. The lowest BCUT2D eigenvalue weighted by molar-refractivity contribution is 0.0541. The number of amides is 1. The largest absolute Gasteiger partial charge is 0.393 e. The smallest absolute Gasteiger partial charge is 0.272 e. The van der Waals surface area contributed by atoms with Crippen LogP contribution in [0.5, 0.6) is 0 Å². The van der Waals surface area contributed by atoms with Crippen LogP contribution in [0.25, 0.3) is 0 Å². The molecule has 6 heteroatoms. The summed E-state index contributed by atoms with van der Waals surface area (Å²) in [7, 11) is 0. The fraction of sp³-hybridized carbons (Fsp3) is 0.417. The van der Waals surface area contributed by atoms with Gasteiger partial charge in [0.05, 0.1) is 6.10 Å². The van der Waals surface area contributed by atoms with Crippen LogP contribution in [0, 0.1) is 0 Å². The number of thiocarbonyl (C=S) groups is 1. The van der Waals surface area contributed by atoms with Gasteiger partial charge in [0.15, 0.2) is 0 Å². The van der Waals surface area contributed by atoms with Crippen molar-refractivity contribution < 1.29 is 9.90 Å². The summed E-state index contributed by atoms with van der Waals surface area (Å²) < 4.78 is 0. The molecule has 1 amide bonds. The summed E-state index contributed by atoms with van der Waals surface area (Å²) >= 11 is 4.82. The zero-order valence-electron chi connectivity index (χ0n) is 9.87. The lowest BCUT2D eigenvalue weighted by Crippen LogP contribution is -2.40. The average Bonchev–Trinajstić information content (AvgIpc) is 2.39. The van der Waals surface area contributed by atoms with E-state index in [9.17, 15) is 9.90 Å². The fourth-order valence-corrected chi connectivity index (χ4v) is 2.02. The molecule has 0 radical (unpaired) electrons. The number of nitrogens with two attached hydrogens (primary N) is 1. The summed E-state index contributed by atoms with van der Waals surface area (Å²) in [6, 6.07) is 3.32. The van der Waals surface area contributed by atoms with E-state index in [2.05, 4.69) is 4.98 Å². The Hall–Kier alpha value is -1.53. The van der Waals surface area contributed by atoms with Crippen molar-refractivity contribution in [1.82, 2.24) is 9.88 Å². The Morgan fingerprint density at radius 1 is 1.44 bits per heavy atom. The average molecular weight is 265 g/mol. The second-order valence-corrected chi connectivity index (χ2v) is 4.76. The highest BCUT2D eigenvalue weighted by Crippen LogP contribution is 2.13. The van der Waals surface area contributed by atoms with Gasteiger partial charge in [-0.25, -0.2) is 0 Å². The number of hydrogen-bond donors (Lipinski definition) is 2. The quantitative estimate of drug-likeness (QED) is 0.753. The number of aliphatic hydroxyl groups is 1. The molecule has 96 valence electrons. The Morgan fingerprint density at radius 3 is 2.61 bits per heavy atom. The highest BCUT2D eigenvalue weighted by molar-refractivity contribution is 7.80. The van der Waals surface area contributed by atoms with Crippen LogP contribution in [0.4, 0.5) is 0 Å². The summed E-state index contributed by atoms with van der Waals surface area (Å²) in [5.74, 6) is -0.114. The van der Waals surface area contributed by atoms with Crippen LogP contribution in [0.3, 0.4) is 0 Å². The van der Waals surface area contributed by atoms with Crippen molar-refractivity contribution in [1.29, 1.82) is 0 Å². The molecule has 0 bridgehead atoms. The lowest BCUT2D eigenvalue weighted by atomic mass is 10.1. The molecule has 0 aromatic carbocycles. The van der Waals surface area contributed by atoms with Crippen LogP contribution in [-0.2, 0) is 0 Å². The third-order valence-corrected chi connectivity index (χ3v) is 3.25. The van der Waals surface area contributed by atoms with Crippen molar-refractivity contribution in [2.45, 2.75) is 18.9 Å². The van der Waals surface area contributed by atoms with E-state index in [1.54, 1.807) is 17.0 Å². The monoisotopic (exact) mass is 265 g/mol. The van der Waals surface area contributed by atoms with Gasteiger partial charge < -0.3 is 15.7 Å². The van der Waals surface area contributed by atoms with Gasteiger partial charge in [-0.3, -0.25) is 9.78 Å². The maximum absolute atomic E-state index is 12.1. The van der Waals surface area contributed by atoms with Gasteiger partial charge in [0.25, 0.3) is 5.91 Å². The SMILES string of the molecule is NC(=S)c1ccc(C(=O)N2CCC(O)CC2)nc1. The molecule has 18 heavy (non-hydrogen) atoms. The van der Waals surface area contributed by atoms with E-state index in [0.29, 0.717) is 37.2 Å². The fourth-order valence-electron chi connectivity index (χ4n) is 1.90. The number of carbonyl (C=O) groups is 1. The molecule has 1 aromatic rings. The van der Waals surface area contributed by atoms with E-state index in [1.165, 1.54) is 6.20 Å². The minimum atomic E-state index is -0.293. The second-order valence-electron chi connectivity index (χ2n) is 4.32. The van der Waals surface area contributed by atoms with Gasteiger partial charge >= 0.3 is 0 Å². The Balaban J connectivity index is 2.07. The number of pyridine rings is 1. The van der Waals surface area contributed by atoms with Gasteiger partial charge in [0.2, 0.25) is 0 Å². The van der Waals surface area contributed by atoms with Crippen LogP contribution in [0.15, 0.2) is 18.3 Å². The first-order valence-electron chi connectivity index (χ1n) is 5.81. The van der Waals surface area contributed by atoms with Crippen LogP contribution >= 0.6 is 12.2 Å². The van der Waals surface area contributed by atoms with Gasteiger partial charge in [0.1, 0.15) is 10.7 Å². The zero-order chi connectivity index (χ0) is 13.1. The Bertz CT molecular complexity index is 453. The van der Waals surface area contributed by atoms with E-state index < -0.39 is 0 Å². The van der Waals surface area contributed by atoms with Crippen LogP contribution < -0.4 is 5.73 Å². The molecule has 1 fully saturated rings. The molecule has 2 heterocycles. The van der Waals surface area contributed by atoms with Crippen molar-refractivity contribution in [2.75, 3.05) is 13.1 Å². The first kappa shape index (κ1) is 12.9. The zero-order valence-corrected chi connectivity index (χ0v) is 10.7. The predicted octanol–water partition coefficient (Wildman–Crippen LogP) is 0.313. The van der Waals surface area contributed by atoms with Crippen molar-refractivity contribution in [3.8, 4) is 0 Å². The third kappa shape index (κ3) is 2.83. The Morgan fingerprint density at radius 2 is 2.11 bits per heavy atom. The summed E-state index contributed by atoms with van der Waals surface area (Å²) in [4.78, 5) is 18.1. The molecule has 1 aliphatic rings. The topological polar surface area (TPSA) is 79.5 Å². The Kier molecular flexibility index (Phi) is 3.88. The second kappa shape index (κ2) is 5.41. The minimum absolute atomic E-state index is 0.114. The summed E-state index contributed by atoms with van der Waals surface area (Å²) in [5, 5.41) is 9.39. The molecular formula is C12H15N3O2S. The number of aromatic nitrogens is 1. The molecule has 5 nitrogen and oxygen atoms in total. The van der Waals surface area contributed by atoms with Crippen molar-refractivity contribution in [3.63, 3.8) is 0 Å². The number of carbonyl (C=O) groups excluding carboxylic acids is 1. The molecule has 0 spiro atoms. The first-order valence-corrected chi connectivity index (χ1v) is 6.22. The molecule has 0 saturated carbocycles. The molecule has 0 atom stereocenters. The van der Waals surface area contributed by atoms with E-state index >= 15 is 0 Å². The van der Waals surface area contributed by atoms with Gasteiger partial charge in [-0.2, -0.15) is 0 Å². The number of nitrogens with zero attached hydrogens (tertiary/aromatic N) is 2. The number of likely N-dealkylation sites (tertiary alicyclic amines) is 1. The Labute approximate surface area is 111 Å². The molecule has 2 rings (SSSR count). The molecule has 0 aliphatic carbocycles. The lowest BCUT2D eigenvalue weighted by Gasteiger charge is -2.29. The number of hydrogen-bond acceptors (Lipinski definition) is 4. The maximum Gasteiger partial charge on any atom is 0.272 e. The molecule has 1 saturated heterocycles. The number of aliphatic hydroxyl groups excluding tert-OH is 1. The highest BCUT2D eigenvalue weighted by atomic mass is 32.1. The standard InChI is InChI=1S/C12H15N3O2S/c13-11(18)8-1-2-10(14-7-8)12(17)15-5-3-9(16)4-6-15/h1-2,7,9,16H,3-6H2,(H2,13,18). The van der Waals surface area contributed by atoms with Crippen LogP contribution in [0.1, 0.15) is 28.9 Å². The van der Waals surface area contributed by atoms with Crippen molar-refractivity contribution >= 4 is 23.1 Å². The summed E-state index contributed by atoms with van der Waals surface area (Å²) in [6.07, 6.45) is 2.46. The van der Waals surface area contributed by atoms with Crippen molar-refractivity contribution in [3.05, 3.63) is 29.6 Å². The van der Waals surface area contributed by atoms with Gasteiger partial charge in [-0.1, -0.05) is 12.2 Å².